The first kappa shape index (κ1) is 24.7. The van der Waals surface area contributed by atoms with Gasteiger partial charge < -0.3 is 14.5 Å². The first-order valence-corrected chi connectivity index (χ1v) is 13.7. The number of benzene rings is 3. The van der Waals surface area contributed by atoms with Gasteiger partial charge in [0.1, 0.15) is 5.75 Å². The van der Waals surface area contributed by atoms with Crippen LogP contribution in [0.2, 0.25) is 0 Å². The van der Waals surface area contributed by atoms with E-state index in [0.29, 0.717) is 18.7 Å². The Hall–Kier alpha value is -3.64. The molecule has 0 spiro atoms. The molecule has 1 aliphatic carbocycles. The van der Waals surface area contributed by atoms with E-state index in [9.17, 15) is 9.59 Å². The van der Waals surface area contributed by atoms with Gasteiger partial charge in [-0.1, -0.05) is 60.7 Å². The Morgan fingerprint density at radius 2 is 1.63 bits per heavy atom. The summed E-state index contributed by atoms with van der Waals surface area (Å²) in [6.07, 6.45) is 2.98. The van der Waals surface area contributed by atoms with Gasteiger partial charge in [0.25, 0.3) is 5.91 Å². The zero-order chi connectivity index (χ0) is 26.1. The van der Waals surface area contributed by atoms with Gasteiger partial charge in [-0.2, -0.15) is 0 Å². The van der Waals surface area contributed by atoms with E-state index in [2.05, 4.69) is 29.2 Å². The summed E-state index contributed by atoms with van der Waals surface area (Å²) in [6.45, 7) is 4.13. The van der Waals surface area contributed by atoms with E-state index in [-0.39, 0.29) is 23.9 Å². The molecule has 2 heterocycles. The number of piperazine rings is 1. The molecule has 0 radical (unpaired) electrons. The second-order valence-corrected chi connectivity index (χ2v) is 10.6. The molecule has 196 valence electrons. The first-order chi connectivity index (χ1) is 18.6. The van der Waals surface area contributed by atoms with E-state index in [4.69, 9.17) is 4.74 Å². The number of hydrogen-bond donors (Lipinski definition) is 0. The molecule has 2 fully saturated rings. The normalized spacial score (nSPS) is 21.8. The van der Waals surface area contributed by atoms with E-state index < -0.39 is 5.92 Å². The maximum absolute atomic E-state index is 14.4. The average molecular weight is 510 g/mol. The molecule has 6 nitrogen and oxygen atoms in total. The van der Waals surface area contributed by atoms with Crippen LogP contribution >= 0.6 is 0 Å². The van der Waals surface area contributed by atoms with Crippen LogP contribution in [0.3, 0.4) is 0 Å². The standard InChI is InChI=1S/C32H35N3O3/c1-38-26-11-7-10-24(22-26)30-29(27-12-5-6-13-28(27)31(36)35(30)25-14-15-25)32(37)34-20-18-33(19-21-34)17-16-23-8-3-2-4-9-23/h2-13,22,25,29-30H,14-21H2,1H3/t29-,30+/m0/s1. The number of fused-ring (bicyclic) bond motifs is 1. The molecular formula is C32H35N3O3. The minimum absolute atomic E-state index is 0.0331. The Morgan fingerprint density at radius 1 is 0.895 bits per heavy atom. The van der Waals surface area contributed by atoms with E-state index >= 15 is 0 Å². The number of hydrogen-bond acceptors (Lipinski definition) is 4. The van der Waals surface area contributed by atoms with Crippen LogP contribution in [0.4, 0.5) is 0 Å². The van der Waals surface area contributed by atoms with Gasteiger partial charge in [-0.3, -0.25) is 14.5 Å². The van der Waals surface area contributed by atoms with Crippen LogP contribution in [0, 0.1) is 0 Å². The molecule has 38 heavy (non-hydrogen) atoms. The van der Waals surface area contributed by atoms with Crippen molar-refractivity contribution in [3.8, 4) is 5.75 Å². The molecule has 3 aromatic carbocycles. The molecular weight excluding hydrogens is 474 g/mol. The largest absolute Gasteiger partial charge is 0.497 e. The van der Waals surface area contributed by atoms with Gasteiger partial charge in [0, 0.05) is 44.3 Å². The number of carbonyl (C=O) groups excluding carboxylic acids is 2. The van der Waals surface area contributed by atoms with Crippen molar-refractivity contribution in [1.82, 2.24) is 14.7 Å². The Bertz CT molecular complexity index is 1300. The highest BCUT2D eigenvalue weighted by atomic mass is 16.5. The van der Waals surface area contributed by atoms with Crippen LogP contribution in [0.5, 0.6) is 5.75 Å². The van der Waals surface area contributed by atoms with E-state index in [1.165, 1.54) is 5.56 Å². The van der Waals surface area contributed by atoms with Crippen LogP contribution in [0.15, 0.2) is 78.9 Å². The fourth-order valence-electron chi connectivity index (χ4n) is 6.07. The third-order valence-corrected chi connectivity index (χ3v) is 8.26. The number of amides is 2. The second-order valence-electron chi connectivity index (χ2n) is 10.6. The lowest BCUT2D eigenvalue weighted by Gasteiger charge is -2.45. The lowest BCUT2D eigenvalue weighted by molar-refractivity contribution is -0.136. The summed E-state index contributed by atoms with van der Waals surface area (Å²) in [5.74, 6) is 0.451. The zero-order valence-corrected chi connectivity index (χ0v) is 22.0. The van der Waals surface area contributed by atoms with Crippen LogP contribution in [-0.4, -0.2) is 72.4 Å². The number of carbonyl (C=O) groups is 2. The third-order valence-electron chi connectivity index (χ3n) is 8.26. The van der Waals surface area contributed by atoms with Gasteiger partial charge in [0.2, 0.25) is 5.91 Å². The van der Waals surface area contributed by atoms with Crippen molar-refractivity contribution >= 4 is 11.8 Å². The highest BCUT2D eigenvalue weighted by molar-refractivity contribution is 6.01. The van der Waals surface area contributed by atoms with E-state index in [0.717, 1.165) is 55.8 Å². The van der Waals surface area contributed by atoms with Gasteiger partial charge in [-0.05, 0) is 54.2 Å². The fraction of sp³-hybridized carbons (Fsp3) is 0.375. The van der Waals surface area contributed by atoms with Gasteiger partial charge in [-0.25, -0.2) is 0 Å². The van der Waals surface area contributed by atoms with E-state index in [1.807, 2.05) is 64.4 Å². The number of methoxy groups -OCH3 is 1. The molecule has 0 bridgehead atoms. The molecule has 0 N–H and O–H groups in total. The highest BCUT2D eigenvalue weighted by Gasteiger charge is 2.50. The van der Waals surface area contributed by atoms with Crippen molar-refractivity contribution in [3.63, 3.8) is 0 Å². The van der Waals surface area contributed by atoms with Crippen LogP contribution in [0.25, 0.3) is 0 Å². The summed E-state index contributed by atoms with van der Waals surface area (Å²) in [5.41, 5.74) is 3.81. The predicted molar refractivity (Wildman–Crippen MR) is 147 cm³/mol. The number of ether oxygens (including phenoxy) is 1. The monoisotopic (exact) mass is 509 g/mol. The summed E-state index contributed by atoms with van der Waals surface area (Å²) >= 11 is 0. The maximum atomic E-state index is 14.4. The lowest BCUT2D eigenvalue weighted by atomic mass is 9.78. The summed E-state index contributed by atoms with van der Waals surface area (Å²) < 4.78 is 5.53. The van der Waals surface area contributed by atoms with Gasteiger partial charge in [0.05, 0.1) is 19.1 Å². The van der Waals surface area contributed by atoms with Crippen LogP contribution < -0.4 is 4.74 Å². The SMILES string of the molecule is COc1cccc([C@@H]2[C@@H](C(=O)N3CCN(CCc4ccccc4)CC3)c3ccccc3C(=O)N2C2CC2)c1. The molecule has 2 amide bonds. The first-order valence-electron chi connectivity index (χ1n) is 13.7. The highest BCUT2D eigenvalue weighted by Crippen LogP contribution is 2.48. The summed E-state index contributed by atoms with van der Waals surface area (Å²) in [7, 11) is 1.65. The average Bonchev–Trinajstić information content (AvgIpc) is 3.82. The molecule has 6 rings (SSSR count). The van der Waals surface area contributed by atoms with Crippen molar-refractivity contribution in [1.29, 1.82) is 0 Å². The van der Waals surface area contributed by atoms with Gasteiger partial charge in [-0.15, -0.1) is 0 Å². The van der Waals surface area contributed by atoms with Crippen LogP contribution in [-0.2, 0) is 11.2 Å². The molecule has 1 saturated carbocycles. The Morgan fingerprint density at radius 3 is 2.37 bits per heavy atom. The van der Waals surface area contributed by atoms with Crippen molar-refractivity contribution < 1.29 is 14.3 Å². The van der Waals surface area contributed by atoms with Gasteiger partial charge >= 0.3 is 0 Å². The molecule has 0 unspecified atom stereocenters. The minimum Gasteiger partial charge on any atom is -0.497 e. The summed E-state index contributed by atoms with van der Waals surface area (Å²) in [6, 6.07) is 26.0. The van der Waals surface area contributed by atoms with Crippen molar-refractivity contribution in [2.75, 3.05) is 39.8 Å². The summed E-state index contributed by atoms with van der Waals surface area (Å²) in [5, 5.41) is 0. The van der Waals surface area contributed by atoms with Crippen molar-refractivity contribution in [3.05, 3.63) is 101 Å². The fourth-order valence-corrected chi connectivity index (χ4v) is 6.07. The molecule has 3 aliphatic rings. The van der Waals surface area contributed by atoms with Crippen molar-refractivity contribution in [2.24, 2.45) is 0 Å². The predicted octanol–water partition coefficient (Wildman–Crippen LogP) is 4.53. The number of nitrogens with zero attached hydrogens (tertiary/aromatic N) is 3. The number of rotatable bonds is 7. The smallest absolute Gasteiger partial charge is 0.254 e. The summed E-state index contributed by atoms with van der Waals surface area (Å²) in [4.78, 5) is 34.6. The maximum Gasteiger partial charge on any atom is 0.254 e. The molecule has 1 saturated heterocycles. The van der Waals surface area contributed by atoms with E-state index in [1.54, 1.807) is 7.11 Å². The minimum atomic E-state index is -0.438. The van der Waals surface area contributed by atoms with Crippen LogP contribution in [0.1, 0.15) is 51.8 Å². The topological polar surface area (TPSA) is 53.1 Å². The Kier molecular flexibility index (Phi) is 6.90. The van der Waals surface area contributed by atoms with Gasteiger partial charge in [0.15, 0.2) is 0 Å². The molecule has 2 aliphatic heterocycles. The molecule has 3 aromatic rings. The molecule has 6 heteroatoms. The molecule has 0 aromatic heterocycles. The lowest BCUT2D eigenvalue weighted by Crippen LogP contribution is -2.54. The van der Waals surface area contributed by atoms with Crippen molar-refractivity contribution in [2.45, 2.75) is 37.3 Å². The molecule has 2 atom stereocenters. The Labute approximate surface area is 224 Å². The third kappa shape index (κ3) is 4.81. The zero-order valence-electron chi connectivity index (χ0n) is 22.0. The quantitative estimate of drug-likeness (QED) is 0.470. The Balaban J connectivity index is 1.27. The second kappa shape index (κ2) is 10.6.